The zero-order valence-electron chi connectivity index (χ0n) is 11.4. The lowest BCUT2D eigenvalue weighted by Crippen LogP contribution is -2.46. The van der Waals surface area contributed by atoms with E-state index in [0.717, 1.165) is 32.1 Å². The zero-order valence-corrected chi connectivity index (χ0v) is 11.4. The molecule has 0 bridgehead atoms. The Bertz CT molecular complexity index is 252. The van der Waals surface area contributed by atoms with E-state index in [1.54, 1.807) is 6.92 Å². The van der Waals surface area contributed by atoms with Gasteiger partial charge >= 0.3 is 5.97 Å². The van der Waals surface area contributed by atoms with Crippen molar-refractivity contribution in [1.29, 1.82) is 0 Å². The van der Waals surface area contributed by atoms with E-state index in [4.69, 9.17) is 4.74 Å². The van der Waals surface area contributed by atoms with Gasteiger partial charge in [0.1, 0.15) is 0 Å². The molecule has 0 aromatic carbocycles. The van der Waals surface area contributed by atoms with Crippen LogP contribution in [0.4, 0.5) is 0 Å². The fourth-order valence-corrected chi connectivity index (χ4v) is 2.99. The molecule has 3 heteroatoms. The molecule has 0 amide bonds. The molecular weight excluding hydrogens is 216 g/mol. The Kier molecular flexibility index (Phi) is 5.44. The van der Waals surface area contributed by atoms with Gasteiger partial charge in [-0.05, 0) is 38.0 Å². The number of rotatable bonds is 6. The van der Waals surface area contributed by atoms with E-state index in [9.17, 15) is 9.90 Å². The average molecular weight is 242 g/mol. The first kappa shape index (κ1) is 14.5. The predicted octanol–water partition coefficient (Wildman–Crippen LogP) is 2.91. The first-order chi connectivity index (χ1) is 8.08. The van der Waals surface area contributed by atoms with Gasteiger partial charge in [-0.2, -0.15) is 0 Å². The van der Waals surface area contributed by atoms with Crippen molar-refractivity contribution in [2.24, 2.45) is 11.8 Å². The van der Waals surface area contributed by atoms with Crippen LogP contribution >= 0.6 is 0 Å². The first-order valence-electron chi connectivity index (χ1n) is 6.98. The van der Waals surface area contributed by atoms with Crippen LogP contribution in [0.15, 0.2) is 0 Å². The molecule has 0 heterocycles. The molecule has 0 radical (unpaired) electrons. The van der Waals surface area contributed by atoms with E-state index in [1.165, 1.54) is 0 Å². The molecule has 0 aromatic heterocycles. The van der Waals surface area contributed by atoms with Crippen LogP contribution < -0.4 is 0 Å². The Balaban J connectivity index is 2.73. The second kappa shape index (κ2) is 6.39. The molecule has 17 heavy (non-hydrogen) atoms. The van der Waals surface area contributed by atoms with Crippen LogP contribution in [0, 0.1) is 11.8 Å². The van der Waals surface area contributed by atoms with Gasteiger partial charge in [-0.25, -0.2) is 4.79 Å². The lowest BCUT2D eigenvalue weighted by Gasteiger charge is -2.31. The normalized spacial score (nSPS) is 27.8. The highest BCUT2D eigenvalue weighted by molar-refractivity contribution is 5.79. The summed E-state index contributed by atoms with van der Waals surface area (Å²) < 4.78 is 5.05. The third-order valence-electron chi connectivity index (χ3n) is 4.05. The van der Waals surface area contributed by atoms with Crippen LogP contribution in [0.1, 0.15) is 59.3 Å². The quantitative estimate of drug-likeness (QED) is 0.728. The summed E-state index contributed by atoms with van der Waals surface area (Å²) in [4.78, 5) is 12.0. The van der Waals surface area contributed by atoms with Crippen molar-refractivity contribution in [3.8, 4) is 0 Å². The molecule has 100 valence electrons. The van der Waals surface area contributed by atoms with Crippen molar-refractivity contribution in [3.05, 3.63) is 0 Å². The minimum absolute atomic E-state index is 0.0893. The summed E-state index contributed by atoms with van der Waals surface area (Å²) in [6.07, 6.45) is 5.52. The van der Waals surface area contributed by atoms with Gasteiger partial charge < -0.3 is 9.84 Å². The van der Waals surface area contributed by atoms with Crippen molar-refractivity contribution in [3.63, 3.8) is 0 Å². The van der Waals surface area contributed by atoms with E-state index >= 15 is 0 Å². The third-order valence-corrected chi connectivity index (χ3v) is 4.05. The molecule has 3 atom stereocenters. The highest BCUT2D eigenvalue weighted by Crippen LogP contribution is 2.41. The fourth-order valence-electron chi connectivity index (χ4n) is 2.99. The second-order valence-corrected chi connectivity index (χ2v) is 5.18. The highest BCUT2D eigenvalue weighted by Gasteiger charge is 2.46. The van der Waals surface area contributed by atoms with E-state index in [1.807, 2.05) is 6.92 Å². The van der Waals surface area contributed by atoms with Crippen molar-refractivity contribution >= 4 is 5.97 Å². The number of aliphatic hydroxyl groups is 1. The maximum absolute atomic E-state index is 12.0. The maximum Gasteiger partial charge on any atom is 0.338 e. The molecular formula is C14H26O3. The van der Waals surface area contributed by atoms with Crippen LogP contribution in [0.3, 0.4) is 0 Å². The van der Waals surface area contributed by atoms with Crippen LogP contribution in [0.5, 0.6) is 0 Å². The fraction of sp³-hybridized carbons (Fsp3) is 0.929. The molecule has 1 aliphatic rings. The molecule has 3 nitrogen and oxygen atoms in total. The molecule has 1 saturated carbocycles. The monoisotopic (exact) mass is 242 g/mol. The summed E-state index contributed by atoms with van der Waals surface area (Å²) >= 11 is 0. The standard InChI is InChI=1S/C14H26O3/c1-4-9-14(16,13(15)17-6-3)12-8-7-11(5-2)10-12/h11-12,16H,4-10H2,1-3H3. The Morgan fingerprint density at radius 2 is 2.06 bits per heavy atom. The lowest BCUT2D eigenvalue weighted by atomic mass is 9.81. The average Bonchev–Trinajstić information content (AvgIpc) is 2.78. The summed E-state index contributed by atoms with van der Waals surface area (Å²) in [5.74, 6) is 0.341. The van der Waals surface area contributed by atoms with E-state index in [0.29, 0.717) is 18.9 Å². The minimum Gasteiger partial charge on any atom is -0.464 e. The van der Waals surface area contributed by atoms with Gasteiger partial charge in [0, 0.05) is 0 Å². The molecule has 0 spiro atoms. The summed E-state index contributed by atoms with van der Waals surface area (Å²) in [5, 5.41) is 10.6. The number of esters is 1. The van der Waals surface area contributed by atoms with Crippen LogP contribution in [-0.4, -0.2) is 23.3 Å². The molecule has 1 N–H and O–H groups in total. The van der Waals surface area contributed by atoms with E-state index in [-0.39, 0.29) is 5.92 Å². The summed E-state index contributed by atoms with van der Waals surface area (Å²) in [7, 11) is 0. The van der Waals surface area contributed by atoms with Crippen molar-refractivity contribution in [2.45, 2.75) is 64.9 Å². The van der Waals surface area contributed by atoms with Gasteiger partial charge in [-0.3, -0.25) is 0 Å². The Hall–Kier alpha value is -0.570. The van der Waals surface area contributed by atoms with Crippen molar-refractivity contribution in [2.75, 3.05) is 6.61 Å². The molecule has 0 aliphatic heterocycles. The first-order valence-corrected chi connectivity index (χ1v) is 6.98. The van der Waals surface area contributed by atoms with Gasteiger partial charge in [-0.1, -0.05) is 33.1 Å². The Morgan fingerprint density at radius 1 is 1.35 bits per heavy atom. The van der Waals surface area contributed by atoms with Crippen LogP contribution in [-0.2, 0) is 9.53 Å². The highest BCUT2D eigenvalue weighted by atomic mass is 16.5. The number of hydrogen-bond donors (Lipinski definition) is 1. The molecule has 1 rings (SSSR count). The van der Waals surface area contributed by atoms with Gasteiger partial charge in [0.15, 0.2) is 5.60 Å². The van der Waals surface area contributed by atoms with E-state index in [2.05, 4.69) is 6.92 Å². The molecule has 1 fully saturated rings. The molecule has 3 unspecified atom stereocenters. The molecule has 1 aliphatic carbocycles. The van der Waals surface area contributed by atoms with Crippen LogP contribution in [0.2, 0.25) is 0 Å². The number of ether oxygens (including phenoxy) is 1. The minimum atomic E-state index is -1.24. The van der Waals surface area contributed by atoms with E-state index < -0.39 is 11.6 Å². The largest absolute Gasteiger partial charge is 0.464 e. The van der Waals surface area contributed by atoms with Gasteiger partial charge in [-0.15, -0.1) is 0 Å². The second-order valence-electron chi connectivity index (χ2n) is 5.18. The number of carbonyl (C=O) groups excluding carboxylic acids is 1. The van der Waals surface area contributed by atoms with Gasteiger partial charge in [0.25, 0.3) is 0 Å². The van der Waals surface area contributed by atoms with Crippen LogP contribution in [0.25, 0.3) is 0 Å². The van der Waals surface area contributed by atoms with Crippen molar-refractivity contribution < 1.29 is 14.6 Å². The zero-order chi connectivity index (χ0) is 12.9. The predicted molar refractivity (Wildman–Crippen MR) is 67.6 cm³/mol. The summed E-state index contributed by atoms with van der Waals surface area (Å²) in [5.41, 5.74) is -1.24. The third kappa shape index (κ3) is 3.21. The molecule has 0 aromatic rings. The van der Waals surface area contributed by atoms with Gasteiger partial charge in [0.05, 0.1) is 6.61 Å². The number of hydrogen-bond acceptors (Lipinski definition) is 3. The Labute approximate surface area is 105 Å². The SMILES string of the molecule is CCCC(O)(C(=O)OCC)C1CCC(CC)C1. The van der Waals surface area contributed by atoms with Gasteiger partial charge in [0.2, 0.25) is 0 Å². The smallest absolute Gasteiger partial charge is 0.338 e. The lowest BCUT2D eigenvalue weighted by molar-refractivity contribution is -0.172. The maximum atomic E-state index is 12.0. The molecule has 0 saturated heterocycles. The summed E-state index contributed by atoms with van der Waals surface area (Å²) in [6.45, 7) is 6.30. The summed E-state index contributed by atoms with van der Waals surface area (Å²) in [6, 6.07) is 0. The Morgan fingerprint density at radius 3 is 2.53 bits per heavy atom. The van der Waals surface area contributed by atoms with Crippen molar-refractivity contribution in [1.82, 2.24) is 0 Å². The number of carbonyl (C=O) groups is 1. The topological polar surface area (TPSA) is 46.5 Å².